The highest BCUT2D eigenvalue weighted by atomic mass is 35.5. The standard InChI is InChI=1S/C2Cl4.H4O4Si/c3-1(4)2(5)6;1-5(2,3)4/h;1-4H. The van der Waals surface area contributed by atoms with Gasteiger partial charge in [-0.25, -0.2) is 0 Å². The fourth-order valence-electron chi connectivity index (χ4n) is 0. The van der Waals surface area contributed by atoms with Crippen LogP contribution in [0.15, 0.2) is 8.98 Å². The third-order valence-corrected chi connectivity index (χ3v) is 1.29. The van der Waals surface area contributed by atoms with E-state index in [1.54, 1.807) is 0 Å². The minimum atomic E-state index is -4.61. The van der Waals surface area contributed by atoms with Gasteiger partial charge in [0, 0.05) is 0 Å². The Kier molecular flexibility index (Phi) is 8.52. The molecule has 0 heterocycles. The maximum Gasteiger partial charge on any atom is 0.668 e. The second kappa shape index (κ2) is 6.47. The first kappa shape index (κ1) is 14.5. The Morgan fingerprint density at radius 2 is 0.818 bits per heavy atom. The molecule has 4 N–H and O–H groups in total. The van der Waals surface area contributed by atoms with Crippen LogP contribution in [0.4, 0.5) is 0 Å². The summed E-state index contributed by atoms with van der Waals surface area (Å²) >= 11 is 20.0. The predicted molar refractivity (Wildman–Crippen MR) is 45.1 cm³/mol. The van der Waals surface area contributed by atoms with Crippen LogP contribution in [0.5, 0.6) is 0 Å². The first-order chi connectivity index (χ1) is 4.64. The van der Waals surface area contributed by atoms with Crippen molar-refractivity contribution in [1.82, 2.24) is 0 Å². The SMILES string of the molecule is ClC(Cl)=C(Cl)Cl.O[Si](O)(O)O. The quantitative estimate of drug-likeness (QED) is 0.478. The van der Waals surface area contributed by atoms with Crippen molar-refractivity contribution >= 4 is 55.5 Å². The number of hydrogen-bond acceptors (Lipinski definition) is 4. The third-order valence-electron chi connectivity index (χ3n) is 0.143. The molecule has 0 saturated carbocycles. The lowest BCUT2D eigenvalue weighted by Crippen LogP contribution is -2.33. The second-order valence-electron chi connectivity index (χ2n) is 1.12. The van der Waals surface area contributed by atoms with Crippen LogP contribution >= 0.6 is 46.4 Å². The lowest BCUT2D eigenvalue weighted by molar-refractivity contribution is 0.117. The summed E-state index contributed by atoms with van der Waals surface area (Å²) in [7, 11) is -4.61. The minimum Gasteiger partial charge on any atom is -0.368 e. The molecule has 0 aliphatic heterocycles. The first-order valence-electron chi connectivity index (χ1n) is 1.90. The second-order valence-corrected chi connectivity index (χ2v) is 4.22. The molecule has 0 aliphatic rings. The monoisotopic (exact) mass is 260 g/mol. The Morgan fingerprint density at radius 1 is 0.727 bits per heavy atom. The van der Waals surface area contributed by atoms with Crippen molar-refractivity contribution in [3.8, 4) is 0 Å². The molecule has 0 unspecified atom stereocenters. The minimum absolute atomic E-state index is 0.0988. The molecule has 0 aromatic carbocycles. The summed E-state index contributed by atoms with van der Waals surface area (Å²) in [5.41, 5.74) is 0. The van der Waals surface area contributed by atoms with Gasteiger partial charge in [-0.05, 0) is 0 Å². The zero-order valence-electron chi connectivity index (χ0n) is 4.80. The highest BCUT2D eigenvalue weighted by Crippen LogP contribution is 2.20. The van der Waals surface area contributed by atoms with Crippen LogP contribution in [-0.4, -0.2) is 28.2 Å². The van der Waals surface area contributed by atoms with Gasteiger partial charge in [0.1, 0.15) is 8.98 Å². The summed E-state index contributed by atoms with van der Waals surface area (Å²) < 4.78 is -0.198. The Morgan fingerprint density at radius 3 is 0.818 bits per heavy atom. The smallest absolute Gasteiger partial charge is 0.368 e. The zero-order chi connectivity index (χ0) is 9.65. The Bertz CT molecular complexity index is 118. The molecule has 0 aromatic heterocycles. The van der Waals surface area contributed by atoms with E-state index in [1.807, 2.05) is 0 Å². The van der Waals surface area contributed by atoms with E-state index < -0.39 is 9.05 Å². The van der Waals surface area contributed by atoms with Crippen molar-refractivity contribution in [3.05, 3.63) is 8.98 Å². The van der Waals surface area contributed by atoms with Crippen molar-refractivity contribution < 1.29 is 19.2 Å². The third kappa shape index (κ3) is 35.8. The number of hydrogen-bond donors (Lipinski definition) is 4. The Labute approximate surface area is 83.7 Å². The van der Waals surface area contributed by atoms with E-state index in [1.165, 1.54) is 0 Å². The topological polar surface area (TPSA) is 80.9 Å². The maximum atomic E-state index is 7.33. The summed E-state index contributed by atoms with van der Waals surface area (Å²) in [6.45, 7) is 0. The van der Waals surface area contributed by atoms with Gasteiger partial charge in [0.25, 0.3) is 0 Å². The van der Waals surface area contributed by atoms with Crippen LogP contribution in [0.3, 0.4) is 0 Å². The zero-order valence-corrected chi connectivity index (χ0v) is 8.82. The molecule has 0 radical (unpaired) electrons. The lowest BCUT2D eigenvalue weighted by atomic mass is 11.2. The highest BCUT2D eigenvalue weighted by molar-refractivity contribution is 6.67. The summed E-state index contributed by atoms with van der Waals surface area (Å²) in [5.74, 6) is 0. The van der Waals surface area contributed by atoms with E-state index in [0.717, 1.165) is 0 Å². The van der Waals surface area contributed by atoms with Gasteiger partial charge in [-0.15, -0.1) is 0 Å². The van der Waals surface area contributed by atoms with Gasteiger partial charge in [-0.3, -0.25) is 0 Å². The van der Waals surface area contributed by atoms with Crippen molar-refractivity contribution in [3.63, 3.8) is 0 Å². The predicted octanol–water partition coefficient (Wildman–Crippen LogP) is 0.459. The van der Waals surface area contributed by atoms with Crippen LogP contribution in [0.25, 0.3) is 0 Å². The number of rotatable bonds is 0. The Hall–Kier alpha value is 0.957. The molecule has 0 fully saturated rings. The van der Waals surface area contributed by atoms with Crippen molar-refractivity contribution in [2.24, 2.45) is 0 Å². The van der Waals surface area contributed by atoms with Crippen molar-refractivity contribution in [2.45, 2.75) is 0 Å². The van der Waals surface area contributed by atoms with Gasteiger partial charge in [0.2, 0.25) is 0 Å². The normalized spacial score (nSPS) is 9.82. The fourth-order valence-corrected chi connectivity index (χ4v) is 0. The van der Waals surface area contributed by atoms with Gasteiger partial charge >= 0.3 is 9.05 Å². The van der Waals surface area contributed by atoms with E-state index in [0.29, 0.717) is 0 Å². The van der Waals surface area contributed by atoms with Gasteiger partial charge in [-0.2, -0.15) is 0 Å². The fraction of sp³-hybridized carbons (Fsp3) is 0. The first-order valence-corrected chi connectivity index (χ1v) is 5.20. The van der Waals surface area contributed by atoms with Gasteiger partial charge in [-0.1, -0.05) is 46.4 Å². The van der Waals surface area contributed by atoms with E-state index >= 15 is 0 Å². The molecular weight excluding hydrogens is 258 g/mol. The molecule has 0 spiro atoms. The van der Waals surface area contributed by atoms with Crippen LogP contribution in [0, 0.1) is 0 Å². The van der Waals surface area contributed by atoms with Gasteiger partial charge in [0.05, 0.1) is 0 Å². The molecule has 0 aromatic rings. The van der Waals surface area contributed by atoms with Crippen LogP contribution in [-0.2, 0) is 0 Å². The van der Waals surface area contributed by atoms with Gasteiger partial charge in [0.15, 0.2) is 0 Å². The molecule has 68 valence electrons. The van der Waals surface area contributed by atoms with Crippen LogP contribution < -0.4 is 0 Å². The molecule has 0 atom stereocenters. The Balaban J connectivity index is 0. The van der Waals surface area contributed by atoms with Crippen LogP contribution in [0.2, 0.25) is 0 Å². The van der Waals surface area contributed by atoms with E-state index in [2.05, 4.69) is 0 Å². The van der Waals surface area contributed by atoms with E-state index in [9.17, 15) is 0 Å². The maximum absolute atomic E-state index is 7.33. The molecule has 0 saturated heterocycles. The number of halogens is 4. The average molecular weight is 262 g/mol. The molecule has 0 bridgehead atoms. The summed E-state index contributed by atoms with van der Waals surface area (Å²) in [6.07, 6.45) is 0. The summed E-state index contributed by atoms with van der Waals surface area (Å²) in [6, 6.07) is 0. The molecular formula is C2H4Cl4O4Si. The van der Waals surface area contributed by atoms with E-state index in [4.69, 9.17) is 65.6 Å². The highest BCUT2D eigenvalue weighted by Gasteiger charge is 2.22. The molecule has 0 aliphatic carbocycles. The average Bonchev–Trinajstić information content (AvgIpc) is 1.59. The molecule has 0 rings (SSSR count). The van der Waals surface area contributed by atoms with Crippen molar-refractivity contribution in [1.29, 1.82) is 0 Å². The molecule has 0 amide bonds. The largest absolute Gasteiger partial charge is 0.668 e. The van der Waals surface area contributed by atoms with Crippen LogP contribution in [0.1, 0.15) is 0 Å². The van der Waals surface area contributed by atoms with Gasteiger partial charge < -0.3 is 19.2 Å². The van der Waals surface area contributed by atoms with E-state index in [-0.39, 0.29) is 8.98 Å². The molecule has 9 heteroatoms. The van der Waals surface area contributed by atoms with Crippen molar-refractivity contribution in [2.75, 3.05) is 0 Å². The summed E-state index contributed by atoms with van der Waals surface area (Å²) in [5, 5.41) is 0. The molecule has 4 nitrogen and oxygen atoms in total. The molecule has 11 heavy (non-hydrogen) atoms. The lowest BCUT2D eigenvalue weighted by Gasteiger charge is -1.91. The summed E-state index contributed by atoms with van der Waals surface area (Å²) in [4.78, 5) is 29.3.